The van der Waals surface area contributed by atoms with Crippen molar-refractivity contribution >= 4 is 28.9 Å². The van der Waals surface area contributed by atoms with E-state index in [0.717, 1.165) is 28.1 Å². The largest absolute Gasteiger partial charge is 0.353 e. The minimum absolute atomic E-state index is 0.0919. The van der Waals surface area contributed by atoms with Gasteiger partial charge in [-0.1, -0.05) is 60.3 Å². The van der Waals surface area contributed by atoms with Gasteiger partial charge >= 0.3 is 0 Å². The molecule has 1 aliphatic heterocycles. The predicted molar refractivity (Wildman–Crippen MR) is 95.7 cm³/mol. The Morgan fingerprint density at radius 3 is 2.39 bits per heavy atom. The summed E-state index contributed by atoms with van der Waals surface area (Å²) < 4.78 is 0. The standard InChI is InChI=1S/C20H15NOS/c1-13(22)14-9-11-15(12-10-14)16-5-4-8-19-20(16)21-17-6-2-3-7-18(17)23-19/h2-12,21H,1H3. The van der Waals surface area contributed by atoms with Crippen LogP contribution in [0.2, 0.25) is 0 Å². The summed E-state index contributed by atoms with van der Waals surface area (Å²) in [6.07, 6.45) is 0. The zero-order chi connectivity index (χ0) is 15.8. The molecule has 0 atom stereocenters. The SMILES string of the molecule is CC(=O)c1ccc(-c2cccc3c2Nc2ccccc2S3)cc1. The van der Waals surface area contributed by atoms with Crippen LogP contribution in [0.1, 0.15) is 17.3 Å². The van der Waals surface area contributed by atoms with Gasteiger partial charge in [0.25, 0.3) is 0 Å². The van der Waals surface area contributed by atoms with Gasteiger partial charge in [-0.2, -0.15) is 0 Å². The Labute approximate surface area is 139 Å². The lowest BCUT2D eigenvalue weighted by atomic mass is 10.0. The van der Waals surface area contributed by atoms with Gasteiger partial charge in [0.15, 0.2) is 5.78 Å². The summed E-state index contributed by atoms with van der Waals surface area (Å²) in [7, 11) is 0. The Morgan fingerprint density at radius 1 is 0.870 bits per heavy atom. The molecule has 112 valence electrons. The highest BCUT2D eigenvalue weighted by molar-refractivity contribution is 7.99. The van der Waals surface area contributed by atoms with E-state index < -0.39 is 0 Å². The van der Waals surface area contributed by atoms with Gasteiger partial charge in [-0.05, 0) is 30.7 Å². The molecule has 0 fully saturated rings. The van der Waals surface area contributed by atoms with E-state index in [0.29, 0.717) is 0 Å². The molecule has 0 bridgehead atoms. The monoisotopic (exact) mass is 317 g/mol. The summed E-state index contributed by atoms with van der Waals surface area (Å²) in [6.45, 7) is 1.59. The molecule has 4 rings (SSSR count). The van der Waals surface area contributed by atoms with Crippen LogP contribution in [0.5, 0.6) is 0 Å². The van der Waals surface area contributed by atoms with E-state index in [2.05, 4.69) is 41.7 Å². The first-order valence-electron chi connectivity index (χ1n) is 7.51. The van der Waals surface area contributed by atoms with Gasteiger partial charge < -0.3 is 5.32 Å². The topological polar surface area (TPSA) is 29.1 Å². The number of carbonyl (C=O) groups excluding carboxylic acids is 1. The lowest BCUT2D eigenvalue weighted by Gasteiger charge is -2.23. The van der Waals surface area contributed by atoms with Crippen LogP contribution in [0.15, 0.2) is 76.5 Å². The number of rotatable bonds is 2. The van der Waals surface area contributed by atoms with Crippen LogP contribution in [0.4, 0.5) is 11.4 Å². The van der Waals surface area contributed by atoms with E-state index in [-0.39, 0.29) is 5.78 Å². The highest BCUT2D eigenvalue weighted by atomic mass is 32.2. The first kappa shape index (κ1) is 14.1. The van der Waals surface area contributed by atoms with E-state index in [1.807, 2.05) is 30.3 Å². The number of carbonyl (C=O) groups is 1. The summed E-state index contributed by atoms with van der Waals surface area (Å²) in [5, 5.41) is 3.56. The van der Waals surface area contributed by atoms with Crippen molar-refractivity contribution in [2.75, 3.05) is 5.32 Å². The first-order valence-corrected chi connectivity index (χ1v) is 8.32. The quantitative estimate of drug-likeness (QED) is 0.476. The smallest absolute Gasteiger partial charge is 0.159 e. The average molecular weight is 317 g/mol. The maximum Gasteiger partial charge on any atom is 0.159 e. The number of ketones is 1. The Balaban J connectivity index is 1.79. The number of benzene rings is 3. The molecule has 0 radical (unpaired) electrons. The second-order valence-electron chi connectivity index (χ2n) is 5.54. The van der Waals surface area contributed by atoms with Crippen molar-refractivity contribution in [1.29, 1.82) is 0 Å². The highest BCUT2D eigenvalue weighted by Crippen LogP contribution is 2.47. The number of Topliss-reactive ketones (excluding diaryl/α,β-unsaturated/α-hetero) is 1. The van der Waals surface area contributed by atoms with E-state index in [9.17, 15) is 4.79 Å². The van der Waals surface area contributed by atoms with Crippen LogP contribution < -0.4 is 5.32 Å². The maximum atomic E-state index is 11.4. The van der Waals surface area contributed by atoms with Gasteiger partial charge in [-0.25, -0.2) is 0 Å². The molecule has 2 nitrogen and oxygen atoms in total. The molecule has 3 heteroatoms. The van der Waals surface area contributed by atoms with E-state index in [1.54, 1.807) is 18.7 Å². The van der Waals surface area contributed by atoms with Crippen LogP contribution in [0, 0.1) is 0 Å². The van der Waals surface area contributed by atoms with Crippen molar-refractivity contribution in [2.45, 2.75) is 16.7 Å². The number of para-hydroxylation sites is 2. The number of hydrogen-bond acceptors (Lipinski definition) is 3. The zero-order valence-corrected chi connectivity index (χ0v) is 13.5. The Hall–Kier alpha value is -2.52. The number of nitrogens with one attached hydrogen (secondary N) is 1. The minimum Gasteiger partial charge on any atom is -0.353 e. The molecular weight excluding hydrogens is 302 g/mol. The molecule has 0 amide bonds. The predicted octanol–water partition coefficient (Wildman–Crippen LogP) is 5.76. The third kappa shape index (κ3) is 2.53. The molecule has 0 saturated heterocycles. The van der Waals surface area contributed by atoms with Crippen molar-refractivity contribution in [1.82, 2.24) is 0 Å². The molecule has 3 aromatic rings. The summed E-state index contributed by atoms with van der Waals surface area (Å²) in [6, 6.07) is 22.5. The Kier molecular flexibility index (Phi) is 3.43. The summed E-state index contributed by atoms with van der Waals surface area (Å²) >= 11 is 1.78. The molecule has 0 aromatic heterocycles. The molecule has 0 spiro atoms. The number of fused-ring (bicyclic) bond motifs is 2. The van der Waals surface area contributed by atoms with E-state index in [1.165, 1.54) is 9.79 Å². The van der Waals surface area contributed by atoms with Crippen LogP contribution in [-0.4, -0.2) is 5.78 Å². The minimum atomic E-state index is 0.0919. The number of hydrogen-bond donors (Lipinski definition) is 1. The maximum absolute atomic E-state index is 11.4. The first-order chi connectivity index (χ1) is 11.2. The molecule has 3 aromatic carbocycles. The van der Waals surface area contributed by atoms with Crippen molar-refractivity contribution < 1.29 is 4.79 Å². The van der Waals surface area contributed by atoms with E-state index >= 15 is 0 Å². The van der Waals surface area contributed by atoms with Gasteiger partial charge in [0, 0.05) is 20.9 Å². The van der Waals surface area contributed by atoms with Crippen molar-refractivity contribution in [3.63, 3.8) is 0 Å². The second-order valence-corrected chi connectivity index (χ2v) is 6.62. The molecular formula is C20H15NOS. The lowest BCUT2D eigenvalue weighted by Crippen LogP contribution is -2.01. The van der Waals surface area contributed by atoms with Crippen molar-refractivity contribution in [3.05, 3.63) is 72.3 Å². The fourth-order valence-corrected chi connectivity index (χ4v) is 3.80. The highest BCUT2D eigenvalue weighted by Gasteiger charge is 2.18. The van der Waals surface area contributed by atoms with Crippen LogP contribution in [0.3, 0.4) is 0 Å². The molecule has 0 unspecified atom stereocenters. The molecule has 1 aliphatic rings. The third-order valence-corrected chi connectivity index (χ3v) is 5.13. The summed E-state index contributed by atoms with van der Waals surface area (Å²) in [4.78, 5) is 13.9. The lowest BCUT2D eigenvalue weighted by molar-refractivity contribution is 0.101. The van der Waals surface area contributed by atoms with Crippen LogP contribution in [-0.2, 0) is 0 Å². The fraction of sp³-hybridized carbons (Fsp3) is 0.0500. The Morgan fingerprint density at radius 2 is 1.61 bits per heavy atom. The fourth-order valence-electron chi connectivity index (χ4n) is 2.78. The van der Waals surface area contributed by atoms with Gasteiger partial charge in [0.1, 0.15) is 0 Å². The molecule has 1 heterocycles. The summed E-state index contributed by atoms with van der Waals surface area (Å²) in [5.41, 5.74) is 5.27. The second kappa shape index (κ2) is 5.60. The third-order valence-electron chi connectivity index (χ3n) is 4.00. The van der Waals surface area contributed by atoms with Crippen LogP contribution >= 0.6 is 11.8 Å². The molecule has 23 heavy (non-hydrogen) atoms. The number of anilines is 2. The van der Waals surface area contributed by atoms with Gasteiger partial charge in [0.2, 0.25) is 0 Å². The van der Waals surface area contributed by atoms with Crippen LogP contribution in [0.25, 0.3) is 11.1 Å². The van der Waals surface area contributed by atoms with Gasteiger partial charge in [0.05, 0.1) is 11.4 Å². The zero-order valence-electron chi connectivity index (χ0n) is 12.7. The molecule has 0 aliphatic carbocycles. The normalized spacial score (nSPS) is 12.0. The van der Waals surface area contributed by atoms with Crippen molar-refractivity contribution in [3.8, 4) is 11.1 Å². The van der Waals surface area contributed by atoms with Gasteiger partial charge in [-0.15, -0.1) is 0 Å². The average Bonchev–Trinajstić information content (AvgIpc) is 2.59. The van der Waals surface area contributed by atoms with Crippen molar-refractivity contribution in [2.24, 2.45) is 0 Å². The summed E-state index contributed by atoms with van der Waals surface area (Å²) in [5.74, 6) is 0.0919. The Bertz CT molecular complexity index is 900. The van der Waals surface area contributed by atoms with E-state index in [4.69, 9.17) is 0 Å². The molecule has 1 N–H and O–H groups in total. The van der Waals surface area contributed by atoms with Gasteiger partial charge in [-0.3, -0.25) is 4.79 Å². The molecule has 0 saturated carbocycles.